The lowest BCUT2D eigenvalue weighted by Crippen LogP contribution is -2.03. The van der Waals surface area contributed by atoms with Crippen molar-refractivity contribution >= 4 is 5.78 Å². The van der Waals surface area contributed by atoms with Gasteiger partial charge in [0.25, 0.3) is 0 Å². The highest BCUT2D eigenvalue weighted by Crippen LogP contribution is 2.31. The van der Waals surface area contributed by atoms with Crippen molar-refractivity contribution in [1.29, 1.82) is 0 Å². The topological polar surface area (TPSA) is 26.3 Å². The van der Waals surface area contributed by atoms with Crippen LogP contribution in [0.25, 0.3) is 0 Å². The van der Waals surface area contributed by atoms with Crippen LogP contribution in [0.1, 0.15) is 59.7 Å². The number of ketones is 1. The number of carbonyl (C=O) groups excluding carboxylic acids is 1. The highest BCUT2D eigenvalue weighted by Gasteiger charge is 2.22. The molecule has 2 heteroatoms. The minimum atomic E-state index is 0.265. The number of rotatable bonds is 8. The van der Waals surface area contributed by atoms with Crippen LogP contribution in [0.15, 0.2) is 42.5 Å². The molecule has 0 radical (unpaired) electrons. The van der Waals surface area contributed by atoms with Crippen molar-refractivity contribution in [3.8, 4) is 5.75 Å². The van der Waals surface area contributed by atoms with Gasteiger partial charge in [-0.1, -0.05) is 49.7 Å². The SMILES string of the molecule is CCCCOc1cc2c(cc1CCCc1ccccc1)CCC2=O. The van der Waals surface area contributed by atoms with Crippen LogP contribution in [0.4, 0.5) is 0 Å². The molecular weight excluding hydrogens is 296 g/mol. The summed E-state index contributed by atoms with van der Waals surface area (Å²) in [5.74, 6) is 1.19. The van der Waals surface area contributed by atoms with E-state index < -0.39 is 0 Å². The lowest BCUT2D eigenvalue weighted by Gasteiger charge is -2.14. The van der Waals surface area contributed by atoms with Gasteiger partial charge >= 0.3 is 0 Å². The van der Waals surface area contributed by atoms with Crippen molar-refractivity contribution in [1.82, 2.24) is 0 Å². The molecule has 24 heavy (non-hydrogen) atoms. The van der Waals surface area contributed by atoms with Crippen LogP contribution >= 0.6 is 0 Å². The molecule has 1 aliphatic rings. The largest absolute Gasteiger partial charge is 0.493 e. The van der Waals surface area contributed by atoms with E-state index in [4.69, 9.17) is 4.74 Å². The van der Waals surface area contributed by atoms with Gasteiger partial charge in [0, 0.05) is 12.0 Å². The van der Waals surface area contributed by atoms with Crippen molar-refractivity contribution in [3.05, 3.63) is 64.7 Å². The van der Waals surface area contributed by atoms with Crippen LogP contribution in [-0.2, 0) is 19.3 Å². The molecule has 0 atom stereocenters. The fourth-order valence-electron chi connectivity index (χ4n) is 3.31. The summed E-state index contributed by atoms with van der Waals surface area (Å²) in [6.45, 7) is 2.89. The standard InChI is InChI=1S/C22H26O2/c1-2-3-14-24-22-16-20-18(12-13-21(20)23)15-19(22)11-7-10-17-8-5-4-6-9-17/h4-6,8-9,15-16H,2-3,7,10-14H2,1H3. The van der Waals surface area contributed by atoms with Crippen LogP contribution in [0.3, 0.4) is 0 Å². The summed E-state index contributed by atoms with van der Waals surface area (Å²) in [7, 11) is 0. The molecule has 0 bridgehead atoms. The van der Waals surface area contributed by atoms with Gasteiger partial charge in [0.05, 0.1) is 6.61 Å². The molecule has 0 aliphatic heterocycles. The quantitative estimate of drug-likeness (QED) is 0.627. The second-order valence-corrected chi connectivity index (χ2v) is 6.58. The summed E-state index contributed by atoms with van der Waals surface area (Å²) >= 11 is 0. The van der Waals surface area contributed by atoms with E-state index in [1.807, 2.05) is 6.07 Å². The molecule has 0 unspecified atom stereocenters. The minimum Gasteiger partial charge on any atom is -0.493 e. The number of Topliss-reactive ketones (excluding diaryl/α,β-unsaturated/α-hetero) is 1. The minimum absolute atomic E-state index is 0.265. The predicted octanol–water partition coefficient (Wildman–Crippen LogP) is 5.17. The first-order chi connectivity index (χ1) is 11.8. The van der Waals surface area contributed by atoms with Gasteiger partial charge in [0.1, 0.15) is 5.75 Å². The average molecular weight is 322 g/mol. The smallest absolute Gasteiger partial charge is 0.163 e. The van der Waals surface area contributed by atoms with Crippen molar-refractivity contribution in [3.63, 3.8) is 0 Å². The first kappa shape index (κ1) is 16.8. The number of aryl methyl sites for hydroxylation is 3. The Labute approximate surface area is 144 Å². The Bertz CT molecular complexity index is 689. The van der Waals surface area contributed by atoms with Crippen molar-refractivity contribution in [2.24, 2.45) is 0 Å². The molecule has 0 N–H and O–H groups in total. The predicted molar refractivity (Wildman–Crippen MR) is 98.0 cm³/mol. The van der Waals surface area contributed by atoms with Crippen LogP contribution < -0.4 is 4.74 Å². The van der Waals surface area contributed by atoms with E-state index in [9.17, 15) is 4.79 Å². The Balaban J connectivity index is 1.71. The zero-order chi connectivity index (χ0) is 16.8. The van der Waals surface area contributed by atoms with E-state index in [2.05, 4.69) is 43.3 Å². The Hall–Kier alpha value is -2.09. The fraction of sp³-hybridized carbons (Fsp3) is 0.409. The molecule has 0 saturated carbocycles. The second-order valence-electron chi connectivity index (χ2n) is 6.58. The molecule has 126 valence electrons. The van der Waals surface area contributed by atoms with Crippen molar-refractivity contribution < 1.29 is 9.53 Å². The zero-order valence-electron chi connectivity index (χ0n) is 14.5. The second kappa shape index (κ2) is 8.14. The lowest BCUT2D eigenvalue weighted by atomic mass is 9.99. The molecule has 0 spiro atoms. The molecule has 2 aromatic rings. The van der Waals surface area contributed by atoms with Gasteiger partial charge in [-0.05, 0) is 54.9 Å². The Morgan fingerprint density at radius 1 is 1.00 bits per heavy atom. The third-order valence-corrected chi connectivity index (χ3v) is 4.72. The van der Waals surface area contributed by atoms with Crippen LogP contribution in [0, 0.1) is 0 Å². The van der Waals surface area contributed by atoms with Gasteiger partial charge < -0.3 is 4.74 Å². The maximum absolute atomic E-state index is 12.0. The number of unbranched alkanes of at least 4 members (excludes halogenated alkanes) is 1. The number of hydrogen-bond donors (Lipinski definition) is 0. The average Bonchev–Trinajstić information content (AvgIpc) is 2.96. The monoisotopic (exact) mass is 322 g/mol. The van der Waals surface area contributed by atoms with Crippen LogP contribution in [0.5, 0.6) is 5.75 Å². The van der Waals surface area contributed by atoms with Crippen LogP contribution in [-0.4, -0.2) is 12.4 Å². The van der Waals surface area contributed by atoms with Gasteiger partial charge in [-0.15, -0.1) is 0 Å². The Morgan fingerprint density at radius 3 is 2.62 bits per heavy atom. The van der Waals surface area contributed by atoms with E-state index in [-0.39, 0.29) is 5.78 Å². The van der Waals surface area contributed by atoms with E-state index in [0.29, 0.717) is 6.42 Å². The van der Waals surface area contributed by atoms with E-state index in [1.165, 1.54) is 16.7 Å². The molecule has 3 rings (SSSR count). The molecular formula is C22H26O2. The lowest BCUT2D eigenvalue weighted by molar-refractivity contribution is 0.0994. The fourth-order valence-corrected chi connectivity index (χ4v) is 3.31. The summed E-state index contributed by atoms with van der Waals surface area (Å²) in [4.78, 5) is 12.0. The van der Waals surface area contributed by atoms with Gasteiger partial charge in [-0.25, -0.2) is 0 Å². The molecule has 2 nitrogen and oxygen atoms in total. The first-order valence-electron chi connectivity index (χ1n) is 9.13. The molecule has 1 aliphatic carbocycles. The normalized spacial score (nSPS) is 13.1. The van der Waals surface area contributed by atoms with E-state index in [0.717, 1.165) is 56.4 Å². The van der Waals surface area contributed by atoms with Gasteiger partial charge in [0.15, 0.2) is 5.78 Å². The Morgan fingerprint density at radius 2 is 1.83 bits per heavy atom. The van der Waals surface area contributed by atoms with E-state index in [1.54, 1.807) is 0 Å². The maximum atomic E-state index is 12.0. The van der Waals surface area contributed by atoms with Crippen LogP contribution in [0.2, 0.25) is 0 Å². The molecule has 0 fully saturated rings. The van der Waals surface area contributed by atoms with Gasteiger partial charge in [-0.2, -0.15) is 0 Å². The van der Waals surface area contributed by atoms with E-state index >= 15 is 0 Å². The number of carbonyl (C=O) groups is 1. The van der Waals surface area contributed by atoms with Gasteiger partial charge in [-0.3, -0.25) is 4.79 Å². The summed E-state index contributed by atoms with van der Waals surface area (Å²) in [6, 6.07) is 14.8. The summed E-state index contributed by atoms with van der Waals surface area (Å²) in [5.41, 5.74) is 4.73. The summed E-state index contributed by atoms with van der Waals surface area (Å²) in [6.07, 6.45) is 6.87. The first-order valence-corrected chi connectivity index (χ1v) is 9.13. The number of fused-ring (bicyclic) bond motifs is 1. The molecule has 0 heterocycles. The third-order valence-electron chi connectivity index (χ3n) is 4.72. The molecule has 0 saturated heterocycles. The molecule has 2 aromatic carbocycles. The van der Waals surface area contributed by atoms with Crippen molar-refractivity contribution in [2.45, 2.75) is 51.9 Å². The zero-order valence-corrected chi connectivity index (χ0v) is 14.5. The summed E-state index contributed by atoms with van der Waals surface area (Å²) in [5, 5.41) is 0. The highest BCUT2D eigenvalue weighted by atomic mass is 16.5. The third kappa shape index (κ3) is 4.05. The van der Waals surface area contributed by atoms with Gasteiger partial charge in [0.2, 0.25) is 0 Å². The number of hydrogen-bond acceptors (Lipinski definition) is 2. The Kier molecular flexibility index (Phi) is 5.68. The molecule has 0 aromatic heterocycles. The van der Waals surface area contributed by atoms with Crippen molar-refractivity contribution in [2.75, 3.05) is 6.61 Å². The summed E-state index contributed by atoms with van der Waals surface area (Å²) < 4.78 is 6.00. The number of ether oxygens (including phenoxy) is 1. The molecule has 0 amide bonds. The highest BCUT2D eigenvalue weighted by molar-refractivity contribution is 6.00. The maximum Gasteiger partial charge on any atom is 0.163 e. The number of benzene rings is 2.